The SMILES string of the molecule is Cc1cccc(NC(=O)C(=O)NC2CC(C)(C)[NH2+]C(C)(C)C2)c1. The van der Waals surface area contributed by atoms with Crippen LogP contribution in [0, 0.1) is 6.92 Å². The summed E-state index contributed by atoms with van der Waals surface area (Å²) in [5.74, 6) is -1.18. The molecule has 5 nitrogen and oxygen atoms in total. The third-order valence-corrected chi connectivity index (χ3v) is 4.14. The number of quaternary nitrogens is 1. The molecule has 1 heterocycles. The Bertz CT molecular complexity index is 592. The summed E-state index contributed by atoms with van der Waals surface area (Å²) < 4.78 is 0. The van der Waals surface area contributed by atoms with Crippen molar-refractivity contribution in [3.63, 3.8) is 0 Å². The lowest BCUT2D eigenvalue weighted by Gasteiger charge is -2.43. The number of aryl methyl sites for hydroxylation is 1. The van der Waals surface area contributed by atoms with E-state index in [-0.39, 0.29) is 17.1 Å². The second kappa shape index (κ2) is 6.32. The fourth-order valence-electron chi connectivity index (χ4n) is 3.78. The Kier molecular flexibility index (Phi) is 4.80. The smallest absolute Gasteiger partial charge is 0.313 e. The minimum atomic E-state index is -0.610. The summed E-state index contributed by atoms with van der Waals surface area (Å²) in [6.07, 6.45) is 1.69. The Morgan fingerprint density at radius 1 is 1.09 bits per heavy atom. The first-order valence-electron chi connectivity index (χ1n) is 8.12. The van der Waals surface area contributed by atoms with E-state index in [9.17, 15) is 9.59 Å². The fourth-order valence-corrected chi connectivity index (χ4v) is 3.78. The van der Waals surface area contributed by atoms with Gasteiger partial charge in [-0.3, -0.25) is 9.59 Å². The van der Waals surface area contributed by atoms with Gasteiger partial charge in [-0.1, -0.05) is 12.1 Å². The summed E-state index contributed by atoms with van der Waals surface area (Å²) >= 11 is 0. The summed E-state index contributed by atoms with van der Waals surface area (Å²) in [4.78, 5) is 24.3. The lowest BCUT2D eigenvalue weighted by atomic mass is 9.79. The Morgan fingerprint density at radius 2 is 1.70 bits per heavy atom. The average Bonchev–Trinajstić information content (AvgIpc) is 2.34. The maximum Gasteiger partial charge on any atom is 0.313 e. The van der Waals surface area contributed by atoms with E-state index in [0.717, 1.165) is 18.4 Å². The Morgan fingerprint density at radius 3 is 2.26 bits per heavy atom. The van der Waals surface area contributed by atoms with E-state index in [1.165, 1.54) is 0 Å². The molecule has 0 bridgehead atoms. The number of hydrogen-bond donors (Lipinski definition) is 3. The molecule has 0 unspecified atom stereocenters. The molecule has 2 rings (SSSR count). The Balaban J connectivity index is 1.97. The zero-order valence-corrected chi connectivity index (χ0v) is 14.7. The van der Waals surface area contributed by atoms with E-state index in [1.54, 1.807) is 6.07 Å². The fraction of sp³-hybridized carbons (Fsp3) is 0.556. The highest BCUT2D eigenvalue weighted by atomic mass is 16.2. The van der Waals surface area contributed by atoms with Crippen molar-refractivity contribution in [2.75, 3.05) is 5.32 Å². The van der Waals surface area contributed by atoms with Crippen LogP contribution in [0.2, 0.25) is 0 Å². The molecular formula is C18H28N3O2+. The number of amides is 2. The topological polar surface area (TPSA) is 74.8 Å². The number of nitrogens with one attached hydrogen (secondary N) is 2. The van der Waals surface area contributed by atoms with Gasteiger partial charge in [0.1, 0.15) is 0 Å². The van der Waals surface area contributed by atoms with Crippen LogP contribution < -0.4 is 16.0 Å². The molecule has 4 N–H and O–H groups in total. The van der Waals surface area contributed by atoms with Gasteiger partial charge in [0.05, 0.1) is 11.1 Å². The van der Waals surface area contributed by atoms with E-state index in [1.807, 2.05) is 25.1 Å². The minimum absolute atomic E-state index is 0.0146. The molecular weight excluding hydrogens is 290 g/mol. The zero-order valence-electron chi connectivity index (χ0n) is 14.7. The first kappa shape index (κ1) is 17.5. The number of rotatable bonds is 2. The van der Waals surface area contributed by atoms with E-state index < -0.39 is 11.8 Å². The van der Waals surface area contributed by atoms with Gasteiger partial charge in [0.15, 0.2) is 0 Å². The lowest BCUT2D eigenvalue weighted by molar-refractivity contribution is -0.787. The summed E-state index contributed by atoms with van der Waals surface area (Å²) in [6, 6.07) is 7.43. The molecule has 0 spiro atoms. The lowest BCUT2D eigenvalue weighted by Crippen LogP contribution is -3.06. The number of benzene rings is 1. The monoisotopic (exact) mass is 318 g/mol. The van der Waals surface area contributed by atoms with Gasteiger partial charge in [0, 0.05) is 24.6 Å². The van der Waals surface area contributed by atoms with Crippen molar-refractivity contribution in [2.24, 2.45) is 0 Å². The zero-order chi connectivity index (χ0) is 17.3. The predicted molar refractivity (Wildman–Crippen MR) is 91.1 cm³/mol. The van der Waals surface area contributed by atoms with Crippen molar-refractivity contribution in [3.8, 4) is 0 Å². The van der Waals surface area contributed by atoms with Crippen LogP contribution in [0.3, 0.4) is 0 Å². The molecule has 1 aliphatic rings. The van der Waals surface area contributed by atoms with Crippen molar-refractivity contribution < 1.29 is 14.9 Å². The first-order chi connectivity index (χ1) is 10.6. The second-order valence-electron chi connectivity index (χ2n) is 8.02. The summed E-state index contributed by atoms with van der Waals surface area (Å²) in [5, 5.41) is 7.89. The summed E-state index contributed by atoms with van der Waals surface area (Å²) in [5.41, 5.74) is 1.77. The third kappa shape index (κ3) is 5.06. The predicted octanol–water partition coefficient (Wildman–Crippen LogP) is 1.33. The molecule has 0 aromatic heterocycles. The number of carbonyl (C=O) groups excluding carboxylic acids is 2. The Labute approximate surface area is 138 Å². The van der Waals surface area contributed by atoms with Crippen molar-refractivity contribution in [1.29, 1.82) is 0 Å². The van der Waals surface area contributed by atoms with Gasteiger partial charge in [0.25, 0.3) is 0 Å². The number of anilines is 1. The van der Waals surface area contributed by atoms with Crippen LogP contribution >= 0.6 is 0 Å². The van der Waals surface area contributed by atoms with Gasteiger partial charge in [-0.25, -0.2) is 0 Å². The van der Waals surface area contributed by atoms with E-state index in [4.69, 9.17) is 0 Å². The number of nitrogens with two attached hydrogens (primary N) is 1. The van der Waals surface area contributed by atoms with Gasteiger partial charge in [0.2, 0.25) is 0 Å². The quantitative estimate of drug-likeness (QED) is 0.720. The molecule has 5 heteroatoms. The van der Waals surface area contributed by atoms with Gasteiger partial charge >= 0.3 is 11.8 Å². The summed E-state index contributed by atoms with van der Waals surface area (Å²) in [6.45, 7) is 10.6. The molecule has 1 aliphatic heterocycles. The maximum atomic E-state index is 12.2. The van der Waals surface area contributed by atoms with E-state index >= 15 is 0 Å². The molecule has 0 aliphatic carbocycles. The molecule has 1 aromatic carbocycles. The van der Waals surface area contributed by atoms with E-state index in [0.29, 0.717) is 5.69 Å². The number of piperidine rings is 1. The van der Waals surface area contributed by atoms with Gasteiger partial charge in [-0.2, -0.15) is 0 Å². The molecule has 2 amide bonds. The van der Waals surface area contributed by atoms with Crippen LogP contribution in [0.1, 0.15) is 46.1 Å². The normalized spacial score (nSPS) is 19.9. The van der Waals surface area contributed by atoms with Crippen LogP contribution in [0.4, 0.5) is 5.69 Å². The second-order valence-corrected chi connectivity index (χ2v) is 8.02. The van der Waals surface area contributed by atoms with Crippen molar-refractivity contribution in [2.45, 2.75) is 64.6 Å². The molecule has 0 atom stereocenters. The molecule has 0 radical (unpaired) electrons. The van der Waals surface area contributed by atoms with Crippen LogP contribution in [-0.2, 0) is 9.59 Å². The number of carbonyl (C=O) groups is 2. The third-order valence-electron chi connectivity index (χ3n) is 4.14. The highest BCUT2D eigenvalue weighted by Gasteiger charge is 2.42. The van der Waals surface area contributed by atoms with Gasteiger partial charge in [-0.15, -0.1) is 0 Å². The first-order valence-corrected chi connectivity index (χ1v) is 8.12. The molecule has 126 valence electrons. The maximum absolute atomic E-state index is 12.2. The van der Waals surface area contributed by atoms with Crippen LogP contribution in [0.5, 0.6) is 0 Å². The van der Waals surface area contributed by atoms with Gasteiger partial charge < -0.3 is 16.0 Å². The van der Waals surface area contributed by atoms with Crippen molar-refractivity contribution in [3.05, 3.63) is 29.8 Å². The van der Waals surface area contributed by atoms with Crippen LogP contribution in [0.25, 0.3) is 0 Å². The average molecular weight is 318 g/mol. The molecule has 1 saturated heterocycles. The van der Waals surface area contributed by atoms with Crippen LogP contribution in [-0.4, -0.2) is 28.9 Å². The van der Waals surface area contributed by atoms with Crippen molar-refractivity contribution >= 4 is 17.5 Å². The highest BCUT2D eigenvalue weighted by Crippen LogP contribution is 2.21. The largest absolute Gasteiger partial charge is 0.345 e. The van der Waals surface area contributed by atoms with Crippen molar-refractivity contribution in [1.82, 2.24) is 5.32 Å². The van der Waals surface area contributed by atoms with Gasteiger partial charge in [-0.05, 0) is 52.3 Å². The molecule has 1 fully saturated rings. The van der Waals surface area contributed by atoms with E-state index in [2.05, 4.69) is 43.6 Å². The highest BCUT2D eigenvalue weighted by molar-refractivity contribution is 6.39. The molecule has 23 heavy (non-hydrogen) atoms. The minimum Gasteiger partial charge on any atom is -0.345 e. The van der Waals surface area contributed by atoms with Crippen LogP contribution in [0.15, 0.2) is 24.3 Å². The summed E-state index contributed by atoms with van der Waals surface area (Å²) in [7, 11) is 0. The Hall–Kier alpha value is -1.88. The molecule has 1 aromatic rings. The number of hydrogen-bond acceptors (Lipinski definition) is 2. The standard InChI is InChI=1S/C18H27N3O2/c1-12-7-6-8-13(9-12)19-15(22)16(23)20-14-10-17(2,3)21-18(4,5)11-14/h6-9,14,21H,10-11H2,1-5H3,(H,19,22)(H,20,23)/p+1. The molecule has 0 saturated carbocycles.